The Labute approximate surface area is 96.9 Å². The Hall–Kier alpha value is -2.49. The number of hydrogen-bond acceptors (Lipinski definition) is 2. The van der Waals surface area contributed by atoms with E-state index in [0.29, 0.717) is 5.39 Å². The minimum Gasteiger partial charge on any atom is -0.258 e. The van der Waals surface area contributed by atoms with Crippen molar-refractivity contribution < 1.29 is 9.32 Å². The molecule has 3 rings (SSSR count). The van der Waals surface area contributed by atoms with Crippen LogP contribution in [0.1, 0.15) is 0 Å². The SMILES string of the molecule is O=[N+]([O-])c1cccc2c1ccc1cccc[n+]12. The summed E-state index contributed by atoms with van der Waals surface area (Å²) >= 11 is 0. The second-order valence-electron chi connectivity index (χ2n) is 3.80. The van der Waals surface area contributed by atoms with Gasteiger partial charge in [0.1, 0.15) is 5.39 Å². The van der Waals surface area contributed by atoms with Crippen molar-refractivity contribution >= 4 is 22.1 Å². The fourth-order valence-corrected chi connectivity index (χ4v) is 2.06. The lowest BCUT2D eigenvalue weighted by atomic mass is 10.1. The molecule has 0 aliphatic carbocycles. The van der Waals surface area contributed by atoms with E-state index in [9.17, 15) is 10.1 Å². The maximum absolute atomic E-state index is 10.9. The molecule has 4 heteroatoms. The topological polar surface area (TPSA) is 47.2 Å². The van der Waals surface area contributed by atoms with E-state index < -0.39 is 0 Å². The van der Waals surface area contributed by atoms with E-state index in [1.54, 1.807) is 12.1 Å². The summed E-state index contributed by atoms with van der Waals surface area (Å²) in [6.45, 7) is 0. The number of nitro groups is 1. The maximum Gasteiger partial charge on any atom is 0.283 e. The highest BCUT2D eigenvalue weighted by atomic mass is 16.6. The predicted octanol–water partition coefficient (Wildman–Crippen LogP) is 2.49. The van der Waals surface area contributed by atoms with Crippen molar-refractivity contribution in [3.8, 4) is 0 Å². The van der Waals surface area contributed by atoms with Crippen LogP contribution in [0, 0.1) is 10.1 Å². The van der Waals surface area contributed by atoms with E-state index in [2.05, 4.69) is 0 Å². The molecule has 0 N–H and O–H groups in total. The fourth-order valence-electron chi connectivity index (χ4n) is 2.06. The van der Waals surface area contributed by atoms with E-state index in [1.165, 1.54) is 6.07 Å². The molecular formula is C13H9N2O2+. The maximum atomic E-state index is 10.9. The third kappa shape index (κ3) is 1.42. The van der Waals surface area contributed by atoms with E-state index in [-0.39, 0.29) is 10.6 Å². The zero-order valence-electron chi connectivity index (χ0n) is 8.91. The van der Waals surface area contributed by atoms with Gasteiger partial charge in [-0.05, 0) is 18.2 Å². The van der Waals surface area contributed by atoms with Crippen molar-refractivity contribution in [2.24, 2.45) is 0 Å². The smallest absolute Gasteiger partial charge is 0.258 e. The van der Waals surface area contributed by atoms with Gasteiger partial charge in [-0.3, -0.25) is 10.1 Å². The Bertz CT molecular complexity index is 738. The molecule has 2 heterocycles. The molecule has 0 saturated heterocycles. The largest absolute Gasteiger partial charge is 0.283 e. The molecule has 17 heavy (non-hydrogen) atoms. The van der Waals surface area contributed by atoms with Crippen LogP contribution >= 0.6 is 0 Å². The Morgan fingerprint density at radius 3 is 2.71 bits per heavy atom. The number of hydrogen-bond donors (Lipinski definition) is 0. The van der Waals surface area contributed by atoms with Crippen molar-refractivity contribution in [1.29, 1.82) is 0 Å². The molecule has 0 unspecified atom stereocenters. The fraction of sp³-hybridized carbons (Fsp3) is 0. The Morgan fingerprint density at radius 2 is 1.88 bits per heavy atom. The molecule has 0 amide bonds. The van der Waals surface area contributed by atoms with Gasteiger partial charge in [-0.2, -0.15) is 4.40 Å². The molecular weight excluding hydrogens is 216 g/mol. The summed E-state index contributed by atoms with van der Waals surface area (Å²) in [5.41, 5.74) is 2.00. The van der Waals surface area contributed by atoms with Crippen molar-refractivity contribution in [2.75, 3.05) is 0 Å². The Balaban J connectivity index is 2.52. The molecule has 1 aromatic carbocycles. The molecule has 0 bridgehead atoms. The van der Waals surface area contributed by atoms with Gasteiger partial charge in [0.05, 0.1) is 4.92 Å². The first kappa shape index (κ1) is 9.72. The first-order valence-corrected chi connectivity index (χ1v) is 5.24. The van der Waals surface area contributed by atoms with Crippen LogP contribution in [-0.4, -0.2) is 4.92 Å². The number of non-ortho nitro benzene ring substituents is 1. The summed E-state index contributed by atoms with van der Waals surface area (Å²) in [7, 11) is 0. The van der Waals surface area contributed by atoms with Gasteiger partial charge in [0.25, 0.3) is 5.69 Å². The van der Waals surface area contributed by atoms with Crippen LogP contribution in [0.2, 0.25) is 0 Å². The molecule has 0 fully saturated rings. The highest BCUT2D eigenvalue weighted by molar-refractivity contribution is 5.86. The van der Waals surface area contributed by atoms with Gasteiger partial charge in [0.2, 0.25) is 11.0 Å². The predicted molar refractivity (Wildman–Crippen MR) is 63.8 cm³/mol. The number of nitrogens with zero attached hydrogens (tertiary/aromatic N) is 2. The van der Waals surface area contributed by atoms with Gasteiger partial charge >= 0.3 is 0 Å². The van der Waals surface area contributed by atoms with Gasteiger partial charge in [-0.25, -0.2) is 0 Å². The number of pyridine rings is 2. The summed E-state index contributed by atoms with van der Waals surface area (Å²) in [5.74, 6) is 0. The normalized spacial score (nSPS) is 10.8. The van der Waals surface area contributed by atoms with Gasteiger partial charge in [-0.1, -0.05) is 0 Å². The van der Waals surface area contributed by atoms with E-state index in [4.69, 9.17) is 0 Å². The molecule has 3 aromatic rings. The standard InChI is InChI=1S/C13H9N2O2/c16-15(17)13-6-3-5-12-11(13)8-7-10-4-1-2-9-14(10)12/h1-9H/q+1. The minimum absolute atomic E-state index is 0.140. The summed E-state index contributed by atoms with van der Waals surface area (Å²) in [5, 5.41) is 11.6. The zero-order valence-corrected chi connectivity index (χ0v) is 8.91. The van der Waals surface area contributed by atoms with E-state index >= 15 is 0 Å². The molecule has 0 atom stereocenters. The quantitative estimate of drug-likeness (QED) is 0.276. The lowest BCUT2D eigenvalue weighted by Gasteiger charge is -1.97. The molecule has 0 spiro atoms. The monoisotopic (exact) mass is 225 g/mol. The third-order valence-electron chi connectivity index (χ3n) is 2.83. The highest BCUT2D eigenvalue weighted by Crippen LogP contribution is 2.23. The van der Waals surface area contributed by atoms with Gasteiger partial charge in [-0.15, -0.1) is 0 Å². The molecule has 0 aliphatic rings. The van der Waals surface area contributed by atoms with Crippen molar-refractivity contribution in [2.45, 2.75) is 0 Å². The van der Waals surface area contributed by atoms with Crippen LogP contribution in [0.15, 0.2) is 54.7 Å². The lowest BCUT2D eigenvalue weighted by molar-refractivity contribution is -0.481. The lowest BCUT2D eigenvalue weighted by Crippen LogP contribution is -2.21. The Morgan fingerprint density at radius 1 is 1.00 bits per heavy atom. The molecule has 82 valence electrons. The number of nitro benzene ring substituents is 1. The number of rotatable bonds is 1. The van der Waals surface area contributed by atoms with Crippen molar-refractivity contribution in [3.05, 3.63) is 64.8 Å². The van der Waals surface area contributed by atoms with Crippen LogP contribution in [-0.2, 0) is 0 Å². The summed E-state index contributed by atoms with van der Waals surface area (Å²) in [6.07, 6.45) is 1.90. The second-order valence-corrected chi connectivity index (χ2v) is 3.80. The summed E-state index contributed by atoms with van der Waals surface area (Å²) in [6, 6.07) is 14.6. The van der Waals surface area contributed by atoms with Gasteiger partial charge in [0, 0.05) is 30.3 Å². The molecule has 2 aromatic heterocycles. The van der Waals surface area contributed by atoms with Crippen molar-refractivity contribution in [1.82, 2.24) is 0 Å². The summed E-state index contributed by atoms with van der Waals surface area (Å²) in [4.78, 5) is 10.6. The van der Waals surface area contributed by atoms with E-state index in [1.807, 2.05) is 40.9 Å². The second kappa shape index (κ2) is 3.52. The van der Waals surface area contributed by atoms with Crippen LogP contribution in [0.3, 0.4) is 0 Å². The van der Waals surface area contributed by atoms with E-state index in [0.717, 1.165) is 11.0 Å². The summed E-state index contributed by atoms with van der Waals surface area (Å²) < 4.78 is 1.95. The number of aromatic nitrogens is 1. The molecule has 0 aliphatic heterocycles. The highest BCUT2D eigenvalue weighted by Gasteiger charge is 2.17. The minimum atomic E-state index is -0.350. The van der Waals surface area contributed by atoms with Crippen LogP contribution in [0.5, 0.6) is 0 Å². The van der Waals surface area contributed by atoms with Crippen LogP contribution in [0.25, 0.3) is 16.4 Å². The third-order valence-corrected chi connectivity index (χ3v) is 2.83. The molecule has 0 radical (unpaired) electrons. The van der Waals surface area contributed by atoms with Gasteiger partial charge < -0.3 is 0 Å². The van der Waals surface area contributed by atoms with Crippen LogP contribution < -0.4 is 4.40 Å². The van der Waals surface area contributed by atoms with Gasteiger partial charge in [0.15, 0.2) is 6.20 Å². The molecule has 0 saturated carbocycles. The van der Waals surface area contributed by atoms with Crippen LogP contribution in [0.4, 0.5) is 5.69 Å². The Kier molecular flexibility index (Phi) is 2.01. The molecule has 4 nitrogen and oxygen atoms in total. The average Bonchev–Trinajstić information content (AvgIpc) is 2.37. The number of benzene rings is 1. The number of fused-ring (bicyclic) bond motifs is 3. The first-order chi connectivity index (χ1) is 8.27. The van der Waals surface area contributed by atoms with Crippen molar-refractivity contribution in [3.63, 3.8) is 0 Å². The zero-order chi connectivity index (χ0) is 11.8. The first-order valence-electron chi connectivity index (χ1n) is 5.24. The average molecular weight is 225 g/mol.